The van der Waals surface area contributed by atoms with Crippen LogP contribution in [0.5, 0.6) is 0 Å². The van der Waals surface area contributed by atoms with E-state index in [4.69, 9.17) is 4.74 Å². The van der Waals surface area contributed by atoms with E-state index < -0.39 is 9.23 Å². The molecule has 1 saturated heterocycles. The Bertz CT molecular complexity index is 140. The molecule has 1 heterocycles. The van der Waals surface area contributed by atoms with E-state index in [2.05, 4.69) is 60.1 Å². The van der Waals surface area contributed by atoms with E-state index in [-0.39, 0.29) is 0 Å². The van der Waals surface area contributed by atoms with Crippen LogP contribution in [0.3, 0.4) is 0 Å². The number of hydrogen-bond acceptors (Lipinski definition) is 1. The molecule has 0 spiro atoms. The van der Waals surface area contributed by atoms with Gasteiger partial charge in [-0.3, -0.25) is 0 Å². The van der Waals surface area contributed by atoms with E-state index in [1.54, 1.807) is 0 Å². The van der Waals surface area contributed by atoms with Crippen LogP contribution in [0.2, 0.25) is 9.63 Å². The third-order valence-corrected chi connectivity index (χ3v) is 21.3. The number of hydrogen-bond donors (Lipinski definition) is 0. The van der Waals surface area contributed by atoms with Crippen molar-refractivity contribution in [3.8, 4) is 0 Å². The molecule has 0 saturated carbocycles. The molecule has 0 aromatic carbocycles. The molecule has 74 valence electrons. The second-order valence-electron chi connectivity index (χ2n) is 2.64. The summed E-state index contributed by atoms with van der Waals surface area (Å²) in [4.78, 5) is 1.27. The summed E-state index contributed by atoms with van der Waals surface area (Å²) in [6.45, 7) is 1.76. The van der Waals surface area contributed by atoms with Crippen LogP contribution < -0.4 is 0 Å². The SMILES string of the molecule is BrCC1COCC(CBr)[Se]1(Br)Br. The van der Waals surface area contributed by atoms with Crippen molar-refractivity contribution in [2.45, 2.75) is 9.63 Å². The van der Waals surface area contributed by atoms with Crippen LogP contribution in [0.1, 0.15) is 0 Å². The van der Waals surface area contributed by atoms with Gasteiger partial charge in [0.25, 0.3) is 0 Å². The minimum absolute atomic E-state index is 0.637. The molecule has 6 heteroatoms. The van der Waals surface area contributed by atoms with Gasteiger partial charge in [-0.15, -0.1) is 0 Å². The van der Waals surface area contributed by atoms with E-state index in [0.29, 0.717) is 9.63 Å². The summed E-state index contributed by atoms with van der Waals surface area (Å²) in [5, 5.41) is 2.04. The summed E-state index contributed by atoms with van der Waals surface area (Å²) >= 11 is 14.8. The Morgan fingerprint density at radius 1 is 1.08 bits per heavy atom. The zero-order valence-corrected chi connectivity index (χ0v) is 14.4. The van der Waals surface area contributed by atoms with Gasteiger partial charge in [0.1, 0.15) is 0 Å². The molecular formula is C6H10Br4OSe. The van der Waals surface area contributed by atoms with E-state index >= 15 is 0 Å². The first-order valence-corrected chi connectivity index (χ1v) is 15.8. The Hall–Kier alpha value is 2.40. The number of rotatable bonds is 2. The van der Waals surface area contributed by atoms with Crippen molar-refractivity contribution in [3.63, 3.8) is 0 Å². The van der Waals surface area contributed by atoms with Gasteiger partial charge in [-0.25, -0.2) is 0 Å². The van der Waals surface area contributed by atoms with Crippen LogP contribution in [0, 0.1) is 0 Å². The molecule has 0 aromatic rings. The monoisotopic (exact) mass is 494 g/mol. The molecule has 1 aliphatic rings. The quantitative estimate of drug-likeness (QED) is 0.418. The first kappa shape index (κ1) is 12.5. The van der Waals surface area contributed by atoms with E-state index in [9.17, 15) is 0 Å². The third kappa shape index (κ3) is 2.71. The van der Waals surface area contributed by atoms with Crippen molar-refractivity contribution in [2.24, 2.45) is 0 Å². The van der Waals surface area contributed by atoms with Crippen LogP contribution in [-0.4, -0.2) is 33.1 Å². The van der Waals surface area contributed by atoms with E-state index in [0.717, 1.165) is 23.9 Å². The summed E-state index contributed by atoms with van der Waals surface area (Å²) in [6, 6.07) is 0. The van der Waals surface area contributed by atoms with Crippen LogP contribution >= 0.6 is 60.1 Å². The summed E-state index contributed by atoms with van der Waals surface area (Å²) in [5.41, 5.74) is 0. The molecular weight excluding hydrogens is 487 g/mol. The molecule has 2 atom stereocenters. The third-order valence-electron chi connectivity index (χ3n) is 1.84. The first-order chi connectivity index (χ1) is 5.62. The molecule has 12 heavy (non-hydrogen) atoms. The zero-order valence-electron chi connectivity index (χ0n) is 6.31. The van der Waals surface area contributed by atoms with Crippen molar-refractivity contribution >= 4 is 69.3 Å². The molecule has 1 rings (SSSR count). The maximum absolute atomic E-state index is 5.53. The summed E-state index contributed by atoms with van der Waals surface area (Å²) < 4.78 is 5.53. The van der Waals surface area contributed by atoms with Gasteiger partial charge in [-0.05, 0) is 0 Å². The molecule has 0 amide bonds. The van der Waals surface area contributed by atoms with Gasteiger partial charge in [0, 0.05) is 0 Å². The van der Waals surface area contributed by atoms with Gasteiger partial charge in [0.2, 0.25) is 0 Å². The van der Waals surface area contributed by atoms with Crippen LogP contribution in [0.25, 0.3) is 0 Å². The first-order valence-electron chi connectivity index (χ1n) is 3.52. The van der Waals surface area contributed by atoms with Crippen LogP contribution in [0.4, 0.5) is 0 Å². The minimum atomic E-state index is -1.63. The van der Waals surface area contributed by atoms with Gasteiger partial charge in [0.05, 0.1) is 0 Å². The second-order valence-corrected chi connectivity index (χ2v) is 24.7. The molecule has 2 unspecified atom stereocenters. The molecule has 0 bridgehead atoms. The second kappa shape index (κ2) is 5.47. The van der Waals surface area contributed by atoms with Crippen molar-refractivity contribution in [1.82, 2.24) is 0 Å². The fraction of sp³-hybridized carbons (Fsp3) is 1.00. The molecule has 0 aromatic heterocycles. The Labute approximate surface area is 106 Å². The Kier molecular flexibility index (Phi) is 5.69. The Morgan fingerprint density at radius 2 is 1.50 bits per heavy atom. The predicted molar refractivity (Wildman–Crippen MR) is 69.5 cm³/mol. The Morgan fingerprint density at radius 3 is 1.83 bits per heavy atom. The molecule has 0 radical (unpaired) electrons. The van der Waals surface area contributed by atoms with Gasteiger partial charge >= 0.3 is 108 Å². The number of alkyl halides is 2. The molecule has 1 aliphatic heterocycles. The van der Waals surface area contributed by atoms with Gasteiger partial charge in [-0.1, -0.05) is 0 Å². The number of halogens is 4. The van der Waals surface area contributed by atoms with Gasteiger partial charge in [0.15, 0.2) is 0 Å². The number of ether oxygens (including phenoxy) is 1. The average Bonchev–Trinajstić information content (AvgIpc) is 2.03. The van der Waals surface area contributed by atoms with Crippen molar-refractivity contribution in [3.05, 3.63) is 0 Å². The van der Waals surface area contributed by atoms with Crippen molar-refractivity contribution < 1.29 is 4.74 Å². The fourth-order valence-corrected chi connectivity index (χ4v) is 21.1. The standard InChI is InChI=1S/C6H10Br4OSe/c7-1-5-3-11-4-6(2-8)12(5,9)10/h5-6H,1-4H2. The zero-order chi connectivity index (χ0) is 9.19. The predicted octanol–water partition coefficient (Wildman–Crippen LogP) is 3.78. The maximum atomic E-state index is 5.53. The van der Waals surface area contributed by atoms with Crippen molar-refractivity contribution in [2.75, 3.05) is 23.9 Å². The van der Waals surface area contributed by atoms with Gasteiger partial charge in [-0.2, -0.15) is 0 Å². The fourth-order valence-electron chi connectivity index (χ4n) is 1.04. The molecule has 0 N–H and O–H groups in total. The summed E-state index contributed by atoms with van der Waals surface area (Å²) in [5.74, 6) is 0. The molecule has 1 fully saturated rings. The molecule has 1 nitrogen and oxygen atoms in total. The average molecular weight is 497 g/mol. The summed E-state index contributed by atoms with van der Waals surface area (Å²) in [6.07, 6.45) is 0. The van der Waals surface area contributed by atoms with Crippen LogP contribution in [-0.2, 0) is 4.74 Å². The van der Waals surface area contributed by atoms with Crippen molar-refractivity contribution in [1.29, 1.82) is 0 Å². The normalized spacial score (nSPS) is 37.7. The van der Waals surface area contributed by atoms with Gasteiger partial charge < -0.3 is 0 Å². The molecule has 0 aliphatic carbocycles. The van der Waals surface area contributed by atoms with E-state index in [1.807, 2.05) is 0 Å². The Balaban J connectivity index is 2.67. The summed E-state index contributed by atoms with van der Waals surface area (Å²) in [7, 11) is -1.63. The van der Waals surface area contributed by atoms with Crippen LogP contribution in [0.15, 0.2) is 0 Å². The topological polar surface area (TPSA) is 9.23 Å². The van der Waals surface area contributed by atoms with E-state index in [1.165, 1.54) is 0 Å².